The zero-order valence-electron chi connectivity index (χ0n) is 21.4. The number of ketones is 1. The minimum absolute atomic E-state index is 0.0731. The summed E-state index contributed by atoms with van der Waals surface area (Å²) in [6.07, 6.45) is 5.63. The Morgan fingerprint density at radius 2 is 1.67 bits per heavy atom. The van der Waals surface area contributed by atoms with Gasteiger partial charge < -0.3 is 25.2 Å². The molecule has 0 spiro atoms. The molecule has 1 aromatic heterocycles. The number of fused-ring (bicyclic) bond motifs is 1. The van der Waals surface area contributed by atoms with Crippen molar-refractivity contribution in [2.24, 2.45) is 0 Å². The van der Waals surface area contributed by atoms with Crippen LogP contribution in [-0.2, 0) is 4.79 Å². The van der Waals surface area contributed by atoms with Crippen LogP contribution < -0.4 is 10.1 Å². The molecule has 1 aliphatic heterocycles. The summed E-state index contributed by atoms with van der Waals surface area (Å²) in [6.45, 7) is 3.36. The first-order valence-corrected chi connectivity index (χ1v) is 13.8. The molecule has 5 rings (SSSR count). The van der Waals surface area contributed by atoms with Gasteiger partial charge in [-0.3, -0.25) is 9.59 Å². The van der Waals surface area contributed by atoms with Crippen molar-refractivity contribution >= 4 is 33.1 Å². The van der Waals surface area contributed by atoms with E-state index in [-0.39, 0.29) is 23.2 Å². The SMILES string of the molecule is O=C(c1ccc(OCCNC/C=C/C(=O)N2CCCC2)cc1)c1c(-c2ccc(O)cc2)sc2cc(O)ccc12. The van der Waals surface area contributed by atoms with E-state index in [2.05, 4.69) is 5.32 Å². The Bertz CT molecular complexity index is 1490. The van der Waals surface area contributed by atoms with Gasteiger partial charge in [-0.25, -0.2) is 0 Å². The molecule has 1 fully saturated rings. The topological polar surface area (TPSA) is 99.1 Å². The molecule has 0 saturated carbocycles. The van der Waals surface area contributed by atoms with Gasteiger partial charge in [0.25, 0.3) is 0 Å². The van der Waals surface area contributed by atoms with E-state index in [1.165, 1.54) is 11.3 Å². The van der Waals surface area contributed by atoms with E-state index in [0.29, 0.717) is 36.6 Å². The molecule has 2 heterocycles. The number of hydrogen-bond donors (Lipinski definition) is 3. The highest BCUT2D eigenvalue weighted by atomic mass is 32.1. The zero-order chi connectivity index (χ0) is 27.2. The molecule has 0 bridgehead atoms. The van der Waals surface area contributed by atoms with Crippen molar-refractivity contribution in [3.8, 4) is 27.7 Å². The standard InChI is InChI=1S/C31H30N2O5S/c34-23-9-5-22(6-10-23)31-29(26-14-11-24(35)20-27(26)39-31)30(37)21-7-12-25(13-8-21)38-19-16-32-15-3-4-28(36)33-17-1-2-18-33/h3-14,20,32,34-35H,1-2,15-19H2/b4-3+. The first-order chi connectivity index (χ1) is 19.0. The number of amides is 1. The van der Waals surface area contributed by atoms with Crippen molar-refractivity contribution < 1.29 is 24.5 Å². The second kappa shape index (κ2) is 12.1. The van der Waals surface area contributed by atoms with E-state index in [0.717, 1.165) is 46.5 Å². The Labute approximate surface area is 231 Å². The largest absolute Gasteiger partial charge is 0.508 e. The van der Waals surface area contributed by atoms with Gasteiger partial charge in [0.2, 0.25) is 5.91 Å². The van der Waals surface area contributed by atoms with Crippen LogP contribution in [0.4, 0.5) is 0 Å². The fourth-order valence-corrected chi connectivity index (χ4v) is 5.84. The van der Waals surface area contributed by atoms with E-state index in [9.17, 15) is 19.8 Å². The highest BCUT2D eigenvalue weighted by molar-refractivity contribution is 7.22. The normalized spacial score (nSPS) is 13.4. The lowest BCUT2D eigenvalue weighted by Gasteiger charge is -2.11. The first-order valence-electron chi connectivity index (χ1n) is 13.0. The van der Waals surface area contributed by atoms with Crippen LogP contribution in [0.1, 0.15) is 28.8 Å². The number of thiophene rings is 1. The van der Waals surface area contributed by atoms with Gasteiger partial charge >= 0.3 is 0 Å². The van der Waals surface area contributed by atoms with Crippen molar-refractivity contribution in [2.75, 3.05) is 32.8 Å². The maximum absolute atomic E-state index is 13.7. The molecular weight excluding hydrogens is 512 g/mol. The van der Waals surface area contributed by atoms with Crippen molar-refractivity contribution in [2.45, 2.75) is 12.8 Å². The summed E-state index contributed by atoms with van der Waals surface area (Å²) in [5.41, 5.74) is 1.91. The molecule has 0 atom stereocenters. The van der Waals surface area contributed by atoms with Gasteiger partial charge in [-0.05, 0) is 85.1 Å². The van der Waals surface area contributed by atoms with E-state index in [1.807, 2.05) is 11.0 Å². The number of nitrogens with one attached hydrogen (secondary N) is 1. The zero-order valence-corrected chi connectivity index (χ0v) is 22.2. The van der Waals surface area contributed by atoms with Gasteiger partial charge in [0.15, 0.2) is 5.78 Å². The molecule has 1 aliphatic rings. The van der Waals surface area contributed by atoms with E-state index in [4.69, 9.17) is 4.74 Å². The number of benzene rings is 3. The summed E-state index contributed by atoms with van der Waals surface area (Å²) in [5, 5.41) is 23.7. The fraction of sp³-hybridized carbons (Fsp3) is 0.226. The Hall–Kier alpha value is -4.14. The lowest BCUT2D eigenvalue weighted by atomic mass is 9.97. The summed E-state index contributed by atoms with van der Waals surface area (Å²) < 4.78 is 6.61. The summed E-state index contributed by atoms with van der Waals surface area (Å²) in [6, 6.07) is 18.8. The quantitative estimate of drug-likeness (QED) is 0.142. The van der Waals surface area contributed by atoms with Crippen LogP contribution in [0.5, 0.6) is 17.2 Å². The van der Waals surface area contributed by atoms with Gasteiger partial charge in [-0.1, -0.05) is 6.08 Å². The first kappa shape index (κ1) is 26.5. The van der Waals surface area contributed by atoms with Gasteiger partial charge in [0, 0.05) is 58.3 Å². The second-order valence-electron chi connectivity index (χ2n) is 9.37. The lowest BCUT2D eigenvalue weighted by Crippen LogP contribution is -2.26. The number of ether oxygens (including phenoxy) is 1. The van der Waals surface area contributed by atoms with Crippen molar-refractivity contribution in [3.63, 3.8) is 0 Å². The number of hydrogen-bond acceptors (Lipinski definition) is 7. The average molecular weight is 543 g/mol. The maximum atomic E-state index is 13.7. The molecule has 1 amide bonds. The van der Waals surface area contributed by atoms with Crippen LogP contribution in [0.15, 0.2) is 78.9 Å². The lowest BCUT2D eigenvalue weighted by molar-refractivity contribution is -0.125. The third-order valence-corrected chi connectivity index (χ3v) is 7.84. The molecule has 1 saturated heterocycles. The fourth-order valence-electron chi connectivity index (χ4n) is 4.60. The van der Waals surface area contributed by atoms with Crippen LogP contribution in [-0.4, -0.2) is 59.6 Å². The van der Waals surface area contributed by atoms with E-state index in [1.54, 1.807) is 72.8 Å². The average Bonchev–Trinajstić information content (AvgIpc) is 3.61. The minimum atomic E-state index is -0.126. The molecule has 0 aliphatic carbocycles. The number of aromatic hydroxyl groups is 2. The molecule has 0 unspecified atom stereocenters. The number of phenols is 2. The predicted octanol–water partition coefficient (Wildman–Crippen LogP) is 5.36. The number of carbonyl (C=O) groups excluding carboxylic acids is 2. The van der Waals surface area contributed by atoms with Crippen LogP contribution in [0.25, 0.3) is 20.5 Å². The van der Waals surface area contributed by atoms with Crippen LogP contribution >= 0.6 is 11.3 Å². The summed E-state index contributed by atoms with van der Waals surface area (Å²) in [4.78, 5) is 28.3. The molecule has 3 N–H and O–H groups in total. The number of nitrogens with zero attached hydrogens (tertiary/aromatic N) is 1. The number of carbonyl (C=O) groups is 2. The second-order valence-corrected chi connectivity index (χ2v) is 10.4. The van der Waals surface area contributed by atoms with Crippen molar-refractivity contribution in [1.29, 1.82) is 0 Å². The molecule has 7 nitrogen and oxygen atoms in total. The summed E-state index contributed by atoms with van der Waals surface area (Å²) in [7, 11) is 0. The van der Waals surface area contributed by atoms with E-state index >= 15 is 0 Å². The van der Waals surface area contributed by atoms with E-state index < -0.39 is 0 Å². The van der Waals surface area contributed by atoms with Crippen molar-refractivity contribution in [3.05, 3.63) is 90.0 Å². The van der Waals surface area contributed by atoms with Crippen LogP contribution in [0, 0.1) is 0 Å². The Kier molecular flexibility index (Phi) is 8.24. The minimum Gasteiger partial charge on any atom is -0.508 e. The molecule has 39 heavy (non-hydrogen) atoms. The molecule has 8 heteroatoms. The number of phenolic OH excluding ortho intramolecular Hbond substituents is 2. The monoisotopic (exact) mass is 542 g/mol. The van der Waals surface area contributed by atoms with Gasteiger partial charge in [0.1, 0.15) is 23.9 Å². The van der Waals surface area contributed by atoms with Gasteiger partial charge in [-0.15, -0.1) is 11.3 Å². The Morgan fingerprint density at radius 3 is 2.41 bits per heavy atom. The molecular formula is C31H30N2O5S. The molecule has 3 aromatic carbocycles. The predicted molar refractivity (Wildman–Crippen MR) is 154 cm³/mol. The third-order valence-electron chi connectivity index (χ3n) is 6.63. The highest BCUT2D eigenvalue weighted by Gasteiger charge is 2.22. The Morgan fingerprint density at radius 1 is 0.949 bits per heavy atom. The highest BCUT2D eigenvalue weighted by Crippen LogP contribution is 2.41. The molecule has 4 aromatic rings. The molecule has 200 valence electrons. The summed E-state index contributed by atoms with van der Waals surface area (Å²) in [5.74, 6) is 0.900. The maximum Gasteiger partial charge on any atom is 0.246 e. The summed E-state index contributed by atoms with van der Waals surface area (Å²) >= 11 is 1.43. The van der Waals surface area contributed by atoms with Gasteiger partial charge in [-0.2, -0.15) is 0 Å². The number of rotatable bonds is 10. The van der Waals surface area contributed by atoms with Crippen LogP contribution in [0.3, 0.4) is 0 Å². The van der Waals surface area contributed by atoms with Gasteiger partial charge in [0.05, 0.1) is 0 Å². The molecule has 0 radical (unpaired) electrons. The van der Waals surface area contributed by atoms with Crippen molar-refractivity contribution in [1.82, 2.24) is 10.2 Å². The van der Waals surface area contributed by atoms with Crippen LogP contribution in [0.2, 0.25) is 0 Å². The number of likely N-dealkylation sites (tertiary alicyclic amines) is 1. The third kappa shape index (κ3) is 6.30. The smallest absolute Gasteiger partial charge is 0.246 e. The Balaban J connectivity index is 1.21.